The molecule has 0 N–H and O–H groups in total. The van der Waals surface area contributed by atoms with Crippen molar-refractivity contribution in [1.29, 1.82) is 0 Å². The van der Waals surface area contributed by atoms with E-state index in [1.807, 2.05) is 13.8 Å². The summed E-state index contributed by atoms with van der Waals surface area (Å²) < 4.78 is 10.6. The van der Waals surface area contributed by atoms with Crippen LogP contribution in [0.5, 0.6) is 0 Å². The standard InChI is InChI=1S/C18H32O4/c1-5-9-11-15(7-3)21-17(19)13-14-18(20)22-16(8-4)12-10-6-2/h13-16H,5-12H2,1-4H3/b14-13+. The fraction of sp³-hybridized carbons (Fsp3) is 0.778. The van der Waals surface area contributed by atoms with E-state index in [-0.39, 0.29) is 12.2 Å². The van der Waals surface area contributed by atoms with Crippen LogP contribution in [-0.4, -0.2) is 24.1 Å². The number of ether oxygens (including phenoxy) is 2. The largest absolute Gasteiger partial charge is 0.459 e. The predicted octanol–water partition coefficient (Wildman–Crippen LogP) is 4.57. The van der Waals surface area contributed by atoms with Crippen LogP contribution in [-0.2, 0) is 19.1 Å². The van der Waals surface area contributed by atoms with Crippen LogP contribution >= 0.6 is 0 Å². The molecule has 0 fully saturated rings. The molecule has 2 unspecified atom stereocenters. The molecule has 0 aromatic carbocycles. The Morgan fingerprint density at radius 1 is 0.773 bits per heavy atom. The van der Waals surface area contributed by atoms with Gasteiger partial charge >= 0.3 is 11.9 Å². The van der Waals surface area contributed by atoms with Gasteiger partial charge in [0, 0.05) is 12.2 Å². The second-order valence-electron chi connectivity index (χ2n) is 5.55. The molecule has 0 aromatic heterocycles. The van der Waals surface area contributed by atoms with Crippen molar-refractivity contribution >= 4 is 11.9 Å². The van der Waals surface area contributed by atoms with Crippen LogP contribution in [0.1, 0.15) is 79.1 Å². The molecular formula is C18H32O4. The van der Waals surface area contributed by atoms with E-state index in [9.17, 15) is 9.59 Å². The summed E-state index contributed by atoms with van der Waals surface area (Å²) in [6.45, 7) is 8.19. The highest BCUT2D eigenvalue weighted by atomic mass is 16.5. The van der Waals surface area contributed by atoms with Gasteiger partial charge in [-0.15, -0.1) is 0 Å². The summed E-state index contributed by atoms with van der Waals surface area (Å²) in [6.07, 6.45) is 9.74. The average molecular weight is 312 g/mol. The van der Waals surface area contributed by atoms with Gasteiger partial charge in [0.25, 0.3) is 0 Å². The van der Waals surface area contributed by atoms with Crippen molar-refractivity contribution in [2.24, 2.45) is 0 Å². The van der Waals surface area contributed by atoms with Crippen molar-refractivity contribution in [3.63, 3.8) is 0 Å². The molecule has 2 atom stereocenters. The molecule has 0 saturated carbocycles. The highest BCUT2D eigenvalue weighted by Crippen LogP contribution is 2.10. The molecule has 0 aromatic rings. The van der Waals surface area contributed by atoms with Gasteiger partial charge in [0.05, 0.1) is 0 Å². The molecule has 0 aliphatic heterocycles. The minimum Gasteiger partial charge on any atom is -0.459 e. The van der Waals surface area contributed by atoms with Crippen LogP contribution in [0, 0.1) is 0 Å². The van der Waals surface area contributed by atoms with Crippen molar-refractivity contribution in [3.8, 4) is 0 Å². The summed E-state index contributed by atoms with van der Waals surface area (Å²) in [5.74, 6) is -0.942. The van der Waals surface area contributed by atoms with Crippen molar-refractivity contribution < 1.29 is 19.1 Å². The van der Waals surface area contributed by atoms with E-state index in [0.717, 1.165) is 51.4 Å². The van der Waals surface area contributed by atoms with Gasteiger partial charge in [-0.25, -0.2) is 9.59 Å². The lowest BCUT2D eigenvalue weighted by Gasteiger charge is -2.15. The van der Waals surface area contributed by atoms with Gasteiger partial charge in [-0.2, -0.15) is 0 Å². The van der Waals surface area contributed by atoms with Crippen molar-refractivity contribution in [1.82, 2.24) is 0 Å². The summed E-state index contributed by atoms with van der Waals surface area (Å²) in [6, 6.07) is 0. The van der Waals surface area contributed by atoms with Crippen molar-refractivity contribution in [2.75, 3.05) is 0 Å². The first-order valence-electron chi connectivity index (χ1n) is 8.66. The summed E-state index contributed by atoms with van der Waals surface area (Å²) in [5.41, 5.74) is 0. The summed E-state index contributed by atoms with van der Waals surface area (Å²) in [7, 11) is 0. The summed E-state index contributed by atoms with van der Waals surface area (Å²) >= 11 is 0. The quantitative estimate of drug-likeness (QED) is 0.391. The Labute approximate surface area is 135 Å². The van der Waals surface area contributed by atoms with Crippen LogP contribution in [0.25, 0.3) is 0 Å². The lowest BCUT2D eigenvalue weighted by atomic mass is 10.1. The van der Waals surface area contributed by atoms with E-state index >= 15 is 0 Å². The zero-order chi connectivity index (χ0) is 16.8. The molecule has 128 valence electrons. The van der Waals surface area contributed by atoms with Crippen molar-refractivity contribution in [2.45, 2.75) is 91.3 Å². The number of hydrogen-bond donors (Lipinski definition) is 0. The number of carbonyl (C=O) groups excluding carboxylic acids is 2. The third-order valence-corrected chi connectivity index (χ3v) is 3.59. The Hall–Kier alpha value is -1.32. The van der Waals surface area contributed by atoms with E-state index in [4.69, 9.17) is 9.47 Å². The highest BCUT2D eigenvalue weighted by molar-refractivity contribution is 5.91. The van der Waals surface area contributed by atoms with E-state index in [1.165, 1.54) is 12.2 Å². The van der Waals surface area contributed by atoms with E-state index < -0.39 is 11.9 Å². The molecule has 0 amide bonds. The zero-order valence-corrected chi connectivity index (χ0v) is 14.6. The molecule has 0 aliphatic rings. The molecule has 22 heavy (non-hydrogen) atoms. The minimum atomic E-state index is -0.471. The van der Waals surface area contributed by atoms with Gasteiger partial charge in [-0.05, 0) is 25.7 Å². The molecule has 0 spiro atoms. The molecule has 0 rings (SSSR count). The molecule has 0 bridgehead atoms. The zero-order valence-electron chi connectivity index (χ0n) is 14.6. The van der Waals surface area contributed by atoms with Crippen LogP contribution in [0.3, 0.4) is 0 Å². The third-order valence-electron chi connectivity index (χ3n) is 3.59. The topological polar surface area (TPSA) is 52.6 Å². The first kappa shape index (κ1) is 20.7. The number of carbonyl (C=O) groups is 2. The first-order valence-corrected chi connectivity index (χ1v) is 8.66. The fourth-order valence-corrected chi connectivity index (χ4v) is 2.10. The summed E-state index contributed by atoms with van der Waals surface area (Å²) in [4.78, 5) is 23.4. The van der Waals surface area contributed by atoms with Crippen molar-refractivity contribution in [3.05, 3.63) is 12.2 Å². The average Bonchev–Trinajstić information content (AvgIpc) is 2.53. The van der Waals surface area contributed by atoms with Gasteiger partial charge in [0.2, 0.25) is 0 Å². The number of esters is 2. The van der Waals surface area contributed by atoms with Gasteiger partial charge in [-0.1, -0.05) is 53.4 Å². The fourth-order valence-electron chi connectivity index (χ4n) is 2.10. The molecule has 4 nitrogen and oxygen atoms in total. The van der Waals surface area contributed by atoms with Gasteiger partial charge in [-0.3, -0.25) is 0 Å². The molecule has 0 saturated heterocycles. The first-order chi connectivity index (χ1) is 10.6. The maximum absolute atomic E-state index is 11.7. The lowest BCUT2D eigenvalue weighted by molar-refractivity contribution is -0.146. The maximum atomic E-state index is 11.7. The molecule has 0 heterocycles. The Balaban J connectivity index is 4.20. The van der Waals surface area contributed by atoms with Gasteiger partial charge in [0.15, 0.2) is 0 Å². The normalized spacial score (nSPS) is 13.8. The van der Waals surface area contributed by atoms with E-state index in [2.05, 4.69) is 13.8 Å². The smallest absolute Gasteiger partial charge is 0.331 e. The molecular weight excluding hydrogens is 280 g/mol. The number of rotatable bonds is 12. The van der Waals surface area contributed by atoms with E-state index in [1.54, 1.807) is 0 Å². The lowest BCUT2D eigenvalue weighted by Crippen LogP contribution is -2.18. The Bertz CT molecular complexity index is 304. The molecule has 4 heteroatoms. The van der Waals surface area contributed by atoms with Gasteiger partial charge in [0.1, 0.15) is 12.2 Å². The second kappa shape index (κ2) is 13.4. The maximum Gasteiger partial charge on any atom is 0.331 e. The van der Waals surface area contributed by atoms with Crippen LogP contribution < -0.4 is 0 Å². The summed E-state index contributed by atoms with van der Waals surface area (Å²) in [5, 5.41) is 0. The molecule has 0 aliphatic carbocycles. The third kappa shape index (κ3) is 10.4. The van der Waals surface area contributed by atoms with Crippen LogP contribution in [0.15, 0.2) is 12.2 Å². The second-order valence-corrected chi connectivity index (χ2v) is 5.55. The monoisotopic (exact) mass is 312 g/mol. The Morgan fingerprint density at radius 2 is 1.14 bits per heavy atom. The van der Waals surface area contributed by atoms with E-state index in [0.29, 0.717) is 0 Å². The van der Waals surface area contributed by atoms with Crippen LogP contribution in [0.4, 0.5) is 0 Å². The van der Waals surface area contributed by atoms with Gasteiger partial charge < -0.3 is 9.47 Å². The molecule has 0 radical (unpaired) electrons. The Morgan fingerprint density at radius 3 is 1.41 bits per heavy atom. The van der Waals surface area contributed by atoms with Crippen LogP contribution in [0.2, 0.25) is 0 Å². The minimum absolute atomic E-state index is 0.0685. The predicted molar refractivity (Wildman–Crippen MR) is 88.5 cm³/mol. The SMILES string of the molecule is CCCCC(CC)OC(=O)/C=C/C(=O)OC(CC)CCCC. The highest BCUT2D eigenvalue weighted by Gasteiger charge is 2.12. The number of unbranched alkanes of at least 4 members (excludes halogenated alkanes) is 2. The number of hydrogen-bond acceptors (Lipinski definition) is 4. The Kier molecular flexibility index (Phi) is 12.5.